The average molecular weight is 490 g/mol. The van der Waals surface area contributed by atoms with E-state index < -0.39 is 18.1 Å². The van der Waals surface area contributed by atoms with Crippen molar-refractivity contribution in [3.05, 3.63) is 83.7 Å². The second-order valence-corrected chi connectivity index (χ2v) is 9.38. The fraction of sp³-hybridized carbons (Fsp3) is 0.231. The zero-order valence-electron chi connectivity index (χ0n) is 18.7. The number of thioether (sulfide) groups is 1. The lowest BCUT2D eigenvalue weighted by Crippen LogP contribution is -2.42. The lowest BCUT2D eigenvalue weighted by molar-refractivity contribution is -0.147. The second kappa shape index (κ2) is 9.79. The van der Waals surface area contributed by atoms with Crippen LogP contribution in [0.4, 0.5) is 10.5 Å². The number of hydrogen-bond donors (Lipinski definition) is 2. The van der Waals surface area contributed by atoms with E-state index in [9.17, 15) is 19.5 Å². The van der Waals surface area contributed by atoms with Crippen molar-refractivity contribution in [2.75, 3.05) is 23.6 Å². The van der Waals surface area contributed by atoms with Gasteiger partial charge in [-0.15, -0.1) is 11.8 Å². The monoisotopic (exact) mass is 489 g/mol. The average Bonchev–Trinajstić information content (AvgIpc) is 3.48. The van der Waals surface area contributed by atoms with Crippen molar-refractivity contribution in [2.24, 2.45) is 0 Å². The van der Waals surface area contributed by atoms with E-state index in [0.29, 0.717) is 23.0 Å². The van der Waals surface area contributed by atoms with Crippen LogP contribution in [-0.4, -0.2) is 57.2 Å². The molecule has 1 fully saturated rings. The molecule has 0 spiro atoms. The van der Waals surface area contributed by atoms with Gasteiger partial charge in [0.05, 0.1) is 24.2 Å². The van der Waals surface area contributed by atoms with E-state index in [1.807, 2.05) is 24.3 Å². The number of amides is 2. The van der Waals surface area contributed by atoms with Crippen LogP contribution in [0.15, 0.2) is 66.9 Å². The lowest BCUT2D eigenvalue weighted by atomic mass is 9.98. The molecule has 2 aromatic carbocycles. The quantitative estimate of drug-likeness (QED) is 0.539. The van der Waals surface area contributed by atoms with E-state index in [2.05, 4.69) is 34.6 Å². The Labute approximate surface area is 206 Å². The summed E-state index contributed by atoms with van der Waals surface area (Å²) in [4.78, 5) is 41.8. The van der Waals surface area contributed by atoms with E-state index in [4.69, 9.17) is 4.74 Å². The predicted octanol–water partition coefficient (Wildman–Crippen LogP) is 3.97. The molecule has 2 aliphatic rings. The molecule has 0 saturated carbocycles. The van der Waals surface area contributed by atoms with Gasteiger partial charge in [-0.2, -0.15) is 0 Å². The molecule has 2 heterocycles. The van der Waals surface area contributed by atoms with Crippen molar-refractivity contribution < 1.29 is 24.2 Å². The number of carbonyl (C=O) groups excluding carboxylic acids is 2. The number of nitrogens with one attached hydrogen (secondary N) is 1. The van der Waals surface area contributed by atoms with Crippen LogP contribution >= 0.6 is 11.8 Å². The molecule has 35 heavy (non-hydrogen) atoms. The van der Waals surface area contributed by atoms with Gasteiger partial charge < -0.3 is 14.7 Å². The highest BCUT2D eigenvalue weighted by atomic mass is 32.2. The summed E-state index contributed by atoms with van der Waals surface area (Å²) in [6.45, 7) is 0.207. The van der Waals surface area contributed by atoms with Crippen LogP contribution in [0, 0.1) is 0 Å². The number of pyridine rings is 1. The Balaban J connectivity index is 1.17. The van der Waals surface area contributed by atoms with Crippen molar-refractivity contribution in [3.8, 4) is 11.1 Å². The molecule has 1 aliphatic carbocycles. The Kier molecular flexibility index (Phi) is 6.41. The Hall–Kier alpha value is -3.85. The topological polar surface area (TPSA) is 109 Å². The van der Waals surface area contributed by atoms with Crippen molar-refractivity contribution in [1.29, 1.82) is 0 Å². The summed E-state index contributed by atoms with van der Waals surface area (Å²) < 4.78 is 5.54. The van der Waals surface area contributed by atoms with Gasteiger partial charge in [0.25, 0.3) is 0 Å². The SMILES string of the molecule is O=C(Nc1ccc(CC(=O)N2CSC[C@H]2C(=O)O)nc1)OCC1c2ccccc2-c2ccccc21. The van der Waals surface area contributed by atoms with Crippen LogP contribution < -0.4 is 5.32 Å². The molecule has 8 nitrogen and oxygen atoms in total. The largest absolute Gasteiger partial charge is 0.480 e. The number of anilines is 1. The van der Waals surface area contributed by atoms with Gasteiger partial charge in [-0.25, -0.2) is 9.59 Å². The number of aromatic nitrogens is 1. The highest BCUT2D eigenvalue weighted by Crippen LogP contribution is 2.44. The number of nitrogens with zero attached hydrogens (tertiary/aromatic N) is 2. The molecule has 178 valence electrons. The van der Waals surface area contributed by atoms with Gasteiger partial charge in [0.1, 0.15) is 12.6 Å². The van der Waals surface area contributed by atoms with E-state index in [1.54, 1.807) is 12.1 Å². The van der Waals surface area contributed by atoms with E-state index in [1.165, 1.54) is 22.9 Å². The van der Waals surface area contributed by atoms with Gasteiger partial charge in [-0.05, 0) is 34.4 Å². The molecule has 0 unspecified atom stereocenters. The summed E-state index contributed by atoms with van der Waals surface area (Å²) in [6.07, 6.45) is 0.864. The first-order valence-corrected chi connectivity index (χ1v) is 12.3. The summed E-state index contributed by atoms with van der Waals surface area (Å²) in [6, 6.07) is 18.7. The number of fused-ring (bicyclic) bond motifs is 3. The number of hydrogen-bond acceptors (Lipinski definition) is 6. The van der Waals surface area contributed by atoms with Gasteiger partial charge in [0.2, 0.25) is 5.91 Å². The van der Waals surface area contributed by atoms with Crippen molar-refractivity contribution >= 4 is 35.4 Å². The third-order valence-electron chi connectivity index (χ3n) is 6.23. The van der Waals surface area contributed by atoms with Crippen LogP contribution in [-0.2, 0) is 20.7 Å². The minimum atomic E-state index is -1.00. The number of benzene rings is 2. The van der Waals surface area contributed by atoms with Gasteiger partial charge in [-0.1, -0.05) is 48.5 Å². The molecule has 3 aromatic rings. The number of carboxylic acids is 1. The molecular formula is C26H23N3O5S. The molecule has 2 amide bonds. The number of ether oxygens (including phenoxy) is 1. The van der Waals surface area contributed by atoms with Crippen LogP contribution in [0.3, 0.4) is 0 Å². The van der Waals surface area contributed by atoms with Crippen LogP contribution in [0.5, 0.6) is 0 Å². The Morgan fingerprint density at radius 1 is 1.03 bits per heavy atom. The highest BCUT2D eigenvalue weighted by molar-refractivity contribution is 7.99. The van der Waals surface area contributed by atoms with E-state index in [0.717, 1.165) is 22.3 Å². The fourth-order valence-electron chi connectivity index (χ4n) is 4.50. The zero-order chi connectivity index (χ0) is 24.4. The number of carbonyl (C=O) groups is 3. The molecule has 1 aliphatic heterocycles. The van der Waals surface area contributed by atoms with Crippen molar-refractivity contribution in [1.82, 2.24) is 9.88 Å². The van der Waals surface area contributed by atoms with Gasteiger partial charge >= 0.3 is 12.1 Å². The van der Waals surface area contributed by atoms with Crippen LogP contribution in [0.25, 0.3) is 11.1 Å². The first kappa shape index (κ1) is 22.9. The van der Waals surface area contributed by atoms with Crippen molar-refractivity contribution in [2.45, 2.75) is 18.4 Å². The Morgan fingerprint density at radius 3 is 2.34 bits per heavy atom. The van der Waals surface area contributed by atoms with E-state index >= 15 is 0 Å². The number of rotatable bonds is 6. The molecular weight excluding hydrogens is 466 g/mol. The second-order valence-electron chi connectivity index (χ2n) is 8.38. The maximum absolute atomic E-state index is 12.5. The molecule has 9 heteroatoms. The molecule has 1 atom stereocenters. The maximum Gasteiger partial charge on any atom is 0.411 e. The standard InChI is InChI=1S/C26H23N3O5S/c30-24(29-15-35-14-23(29)25(31)32)11-16-9-10-17(12-27-16)28-26(33)34-13-22-20-7-3-1-5-18(20)19-6-2-4-8-21(19)22/h1-10,12,22-23H,11,13-15H2,(H,28,33)(H,31,32)/t23-/m0/s1. The number of carboxylic acid groups (broad SMARTS) is 1. The molecule has 1 aromatic heterocycles. The maximum atomic E-state index is 12.5. The minimum Gasteiger partial charge on any atom is -0.480 e. The van der Waals surface area contributed by atoms with Crippen LogP contribution in [0.2, 0.25) is 0 Å². The van der Waals surface area contributed by atoms with E-state index in [-0.39, 0.29) is 24.9 Å². The van der Waals surface area contributed by atoms with Crippen molar-refractivity contribution in [3.63, 3.8) is 0 Å². The first-order chi connectivity index (χ1) is 17.0. The third kappa shape index (κ3) is 4.72. The van der Waals surface area contributed by atoms with Gasteiger partial charge in [0, 0.05) is 17.4 Å². The summed E-state index contributed by atoms with van der Waals surface area (Å²) in [5.74, 6) is -0.571. The minimum absolute atomic E-state index is 0.00440. The fourth-order valence-corrected chi connectivity index (χ4v) is 5.68. The van der Waals surface area contributed by atoms with Gasteiger partial charge in [0.15, 0.2) is 0 Å². The summed E-state index contributed by atoms with van der Waals surface area (Å²) >= 11 is 1.42. The smallest absolute Gasteiger partial charge is 0.411 e. The Morgan fingerprint density at radius 2 is 1.71 bits per heavy atom. The van der Waals surface area contributed by atoms with Crippen LogP contribution in [0.1, 0.15) is 22.7 Å². The predicted molar refractivity (Wildman–Crippen MR) is 132 cm³/mol. The molecule has 2 N–H and O–H groups in total. The highest BCUT2D eigenvalue weighted by Gasteiger charge is 2.34. The van der Waals surface area contributed by atoms with Gasteiger partial charge in [-0.3, -0.25) is 15.1 Å². The normalized spacial score (nSPS) is 16.5. The lowest BCUT2D eigenvalue weighted by Gasteiger charge is -2.20. The summed E-state index contributed by atoms with van der Waals surface area (Å²) in [7, 11) is 0. The molecule has 5 rings (SSSR count). The zero-order valence-corrected chi connectivity index (χ0v) is 19.5. The third-order valence-corrected chi connectivity index (χ3v) is 7.25. The molecule has 0 radical (unpaired) electrons. The number of aliphatic carboxylic acids is 1. The first-order valence-electron chi connectivity index (χ1n) is 11.2. The molecule has 1 saturated heterocycles. The molecule has 0 bridgehead atoms. The Bertz CT molecular complexity index is 1230. The summed E-state index contributed by atoms with van der Waals surface area (Å²) in [5, 5.41) is 11.9. The summed E-state index contributed by atoms with van der Waals surface area (Å²) in [5.41, 5.74) is 5.53.